The number of aromatic nitrogens is 2. The van der Waals surface area contributed by atoms with E-state index in [9.17, 15) is 4.79 Å². The van der Waals surface area contributed by atoms with E-state index in [0.717, 1.165) is 54.0 Å². The first-order chi connectivity index (χ1) is 14.7. The molecule has 1 aromatic heterocycles. The molecule has 0 radical (unpaired) electrons. The van der Waals surface area contributed by atoms with Crippen LogP contribution in [0.5, 0.6) is 5.75 Å². The second-order valence-corrected chi connectivity index (χ2v) is 7.66. The van der Waals surface area contributed by atoms with Gasteiger partial charge in [0, 0.05) is 13.0 Å². The first kappa shape index (κ1) is 20.2. The lowest BCUT2D eigenvalue weighted by Gasteiger charge is -2.25. The zero-order valence-electron chi connectivity index (χ0n) is 17.6. The van der Waals surface area contributed by atoms with Gasteiger partial charge in [-0.3, -0.25) is 4.79 Å². The SMILES string of the molecule is C=CCc1ccccc1OCCn1c(C2CCCN2C(=O)CC)nc2ccccc21. The van der Waals surface area contributed by atoms with E-state index in [1.165, 1.54) is 0 Å². The lowest BCUT2D eigenvalue weighted by atomic mass is 10.1. The average molecular weight is 404 g/mol. The van der Waals surface area contributed by atoms with Crippen LogP contribution in [0, 0.1) is 0 Å². The molecule has 4 rings (SSSR count). The standard InChI is InChI=1S/C25H29N3O2/c1-3-10-19-11-5-8-15-23(19)30-18-17-28-21-13-7-6-12-20(21)26-25(28)22-14-9-16-27(22)24(29)4-2/h3,5-8,11-13,15,22H,1,4,9-10,14,16-18H2,2H3. The maximum absolute atomic E-state index is 12.5. The number of benzene rings is 2. The number of amides is 1. The molecule has 0 spiro atoms. The van der Waals surface area contributed by atoms with Crippen molar-refractivity contribution in [1.29, 1.82) is 0 Å². The number of hydrogen-bond donors (Lipinski definition) is 0. The average Bonchev–Trinajstić information content (AvgIpc) is 3.39. The van der Waals surface area contributed by atoms with Gasteiger partial charge in [0.15, 0.2) is 0 Å². The lowest BCUT2D eigenvalue weighted by Crippen LogP contribution is -2.31. The number of hydrogen-bond acceptors (Lipinski definition) is 3. The number of para-hydroxylation sites is 3. The molecule has 0 aliphatic carbocycles. The first-order valence-electron chi connectivity index (χ1n) is 10.8. The van der Waals surface area contributed by atoms with E-state index in [4.69, 9.17) is 9.72 Å². The first-order valence-corrected chi connectivity index (χ1v) is 10.8. The molecule has 0 saturated carbocycles. The van der Waals surface area contributed by atoms with Gasteiger partial charge in [-0.15, -0.1) is 6.58 Å². The van der Waals surface area contributed by atoms with Gasteiger partial charge >= 0.3 is 0 Å². The minimum Gasteiger partial charge on any atom is -0.491 e. The van der Waals surface area contributed by atoms with Gasteiger partial charge in [0.2, 0.25) is 5.91 Å². The highest BCUT2D eigenvalue weighted by molar-refractivity contribution is 5.78. The monoisotopic (exact) mass is 403 g/mol. The van der Waals surface area contributed by atoms with Crippen molar-refractivity contribution in [3.63, 3.8) is 0 Å². The summed E-state index contributed by atoms with van der Waals surface area (Å²) in [6, 6.07) is 16.3. The molecule has 0 N–H and O–H groups in total. The summed E-state index contributed by atoms with van der Waals surface area (Å²) in [6.07, 6.45) is 5.18. The molecule has 3 aromatic rings. The third-order valence-electron chi connectivity index (χ3n) is 5.77. The number of carbonyl (C=O) groups is 1. The quantitative estimate of drug-likeness (QED) is 0.502. The Labute approximate surface area is 178 Å². The number of allylic oxidation sites excluding steroid dienone is 1. The van der Waals surface area contributed by atoms with Gasteiger partial charge < -0.3 is 14.2 Å². The van der Waals surface area contributed by atoms with Crippen molar-refractivity contribution in [2.24, 2.45) is 0 Å². The molecular weight excluding hydrogens is 374 g/mol. The Morgan fingerprint density at radius 2 is 2.03 bits per heavy atom. The van der Waals surface area contributed by atoms with Crippen molar-refractivity contribution in [2.45, 2.75) is 45.2 Å². The molecular formula is C25H29N3O2. The van der Waals surface area contributed by atoms with Crippen molar-refractivity contribution in [2.75, 3.05) is 13.2 Å². The zero-order valence-corrected chi connectivity index (χ0v) is 17.6. The Bertz CT molecular complexity index is 1040. The summed E-state index contributed by atoms with van der Waals surface area (Å²) in [5.41, 5.74) is 3.19. The van der Waals surface area contributed by atoms with Gasteiger partial charge in [-0.25, -0.2) is 4.98 Å². The third kappa shape index (κ3) is 3.97. The molecule has 2 heterocycles. The fourth-order valence-electron chi connectivity index (χ4n) is 4.34. The van der Waals surface area contributed by atoms with E-state index in [-0.39, 0.29) is 11.9 Å². The predicted octanol–water partition coefficient (Wildman–Crippen LogP) is 4.92. The lowest BCUT2D eigenvalue weighted by molar-refractivity contribution is -0.131. The Hall–Kier alpha value is -3.08. The van der Waals surface area contributed by atoms with Crippen LogP contribution in [0.15, 0.2) is 61.2 Å². The molecule has 156 valence electrons. The molecule has 5 heteroatoms. The Balaban J connectivity index is 1.60. The van der Waals surface area contributed by atoms with Crippen LogP contribution in [0.25, 0.3) is 11.0 Å². The summed E-state index contributed by atoms with van der Waals surface area (Å²) in [4.78, 5) is 19.4. The van der Waals surface area contributed by atoms with Crippen LogP contribution in [-0.4, -0.2) is 33.5 Å². The van der Waals surface area contributed by atoms with Crippen LogP contribution in [-0.2, 0) is 17.8 Å². The molecule has 1 unspecified atom stereocenters. The van der Waals surface area contributed by atoms with E-state index in [1.54, 1.807) is 0 Å². The largest absolute Gasteiger partial charge is 0.491 e. The number of ether oxygens (including phenoxy) is 1. The summed E-state index contributed by atoms with van der Waals surface area (Å²) in [5, 5.41) is 0. The maximum atomic E-state index is 12.5. The number of imidazole rings is 1. The van der Waals surface area contributed by atoms with E-state index in [0.29, 0.717) is 19.6 Å². The Kier molecular flexibility index (Phi) is 6.17. The second kappa shape index (κ2) is 9.16. The predicted molar refractivity (Wildman–Crippen MR) is 120 cm³/mol. The number of rotatable bonds is 8. The van der Waals surface area contributed by atoms with Crippen molar-refractivity contribution in [1.82, 2.24) is 14.5 Å². The highest BCUT2D eigenvalue weighted by Gasteiger charge is 2.32. The van der Waals surface area contributed by atoms with Crippen molar-refractivity contribution in [3.8, 4) is 5.75 Å². The Morgan fingerprint density at radius 1 is 1.23 bits per heavy atom. The molecule has 1 fully saturated rings. The van der Waals surface area contributed by atoms with Crippen LogP contribution < -0.4 is 4.74 Å². The summed E-state index contributed by atoms with van der Waals surface area (Å²) < 4.78 is 8.38. The second-order valence-electron chi connectivity index (χ2n) is 7.66. The molecule has 1 aliphatic rings. The molecule has 1 saturated heterocycles. The van der Waals surface area contributed by atoms with Gasteiger partial charge in [0.1, 0.15) is 18.2 Å². The fraction of sp³-hybridized carbons (Fsp3) is 0.360. The topological polar surface area (TPSA) is 47.4 Å². The van der Waals surface area contributed by atoms with Gasteiger partial charge in [0.05, 0.1) is 23.6 Å². The third-order valence-corrected chi connectivity index (χ3v) is 5.77. The van der Waals surface area contributed by atoms with E-state index >= 15 is 0 Å². The fourth-order valence-corrected chi connectivity index (χ4v) is 4.34. The summed E-state index contributed by atoms with van der Waals surface area (Å²) in [5.74, 6) is 2.07. The summed E-state index contributed by atoms with van der Waals surface area (Å²) in [6.45, 7) is 7.79. The highest BCUT2D eigenvalue weighted by atomic mass is 16.5. The number of carbonyl (C=O) groups excluding carboxylic acids is 1. The van der Waals surface area contributed by atoms with Crippen LogP contribution in [0.1, 0.15) is 43.6 Å². The number of nitrogens with zero attached hydrogens (tertiary/aromatic N) is 3. The molecule has 5 nitrogen and oxygen atoms in total. The van der Waals surface area contributed by atoms with E-state index in [1.807, 2.05) is 54.3 Å². The number of fused-ring (bicyclic) bond motifs is 1. The maximum Gasteiger partial charge on any atom is 0.222 e. The van der Waals surface area contributed by atoms with Gasteiger partial charge in [-0.05, 0) is 43.0 Å². The van der Waals surface area contributed by atoms with Crippen LogP contribution in [0.4, 0.5) is 0 Å². The minimum atomic E-state index is 0.0397. The van der Waals surface area contributed by atoms with Gasteiger partial charge in [-0.2, -0.15) is 0 Å². The molecule has 1 amide bonds. The van der Waals surface area contributed by atoms with Crippen LogP contribution >= 0.6 is 0 Å². The molecule has 1 atom stereocenters. The van der Waals surface area contributed by atoms with Gasteiger partial charge in [-0.1, -0.05) is 43.3 Å². The summed E-state index contributed by atoms with van der Waals surface area (Å²) >= 11 is 0. The minimum absolute atomic E-state index is 0.0397. The number of likely N-dealkylation sites (tertiary alicyclic amines) is 1. The molecule has 2 aromatic carbocycles. The molecule has 1 aliphatic heterocycles. The molecule has 30 heavy (non-hydrogen) atoms. The van der Waals surface area contributed by atoms with E-state index < -0.39 is 0 Å². The highest BCUT2D eigenvalue weighted by Crippen LogP contribution is 2.34. The van der Waals surface area contributed by atoms with Crippen molar-refractivity contribution in [3.05, 3.63) is 72.6 Å². The zero-order chi connectivity index (χ0) is 20.9. The molecule has 0 bridgehead atoms. The van der Waals surface area contributed by atoms with Crippen molar-refractivity contribution >= 4 is 16.9 Å². The van der Waals surface area contributed by atoms with Crippen LogP contribution in [0.2, 0.25) is 0 Å². The summed E-state index contributed by atoms with van der Waals surface area (Å²) in [7, 11) is 0. The van der Waals surface area contributed by atoms with Gasteiger partial charge in [0.25, 0.3) is 0 Å². The normalized spacial score (nSPS) is 16.2. The Morgan fingerprint density at radius 3 is 2.87 bits per heavy atom. The van der Waals surface area contributed by atoms with Crippen molar-refractivity contribution < 1.29 is 9.53 Å². The van der Waals surface area contributed by atoms with E-state index in [2.05, 4.69) is 23.3 Å². The smallest absolute Gasteiger partial charge is 0.222 e. The van der Waals surface area contributed by atoms with Crippen LogP contribution in [0.3, 0.4) is 0 Å².